The number of carbonyl (C=O) groups excluding carboxylic acids is 2. The summed E-state index contributed by atoms with van der Waals surface area (Å²) >= 11 is 10.2. The summed E-state index contributed by atoms with van der Waals surface area (Å²) in [5.74, 6) is -0.0797. The Bertz CT molecular complexity index is 592. The quantitative estimate of drug-likeness (QED) is 0.674. The van der Waals surface area contributed by atoms with E-state index in [1.165, 1.54) is 12.3 Å². The minimum absolute atomic E-state index is 0.120. The minimum atomic E-state index is -0.532. The molecule has 0 fully saturated rings. The van der Waals surface area contributed by atoms with Gasteiger partial charge in [-0.05, 0) is 62.1 Å². The van der Waals surface area contributed by atoms with E-state index in [-0.39, 0.29) is 11.7 Å². The van der Waals surface area contributed by atoms with Crippen LogP contribution in [0.5, 0.6) is 5.75 Å². The molecular weight excluding hydrogens is 470 g/mol. The lowest BCUT2D eigenvalue weighted by Crippen LogP contribution is -2.35. The van der Waals surface area contributed by atoms with Crippen molar-refractivity contribution in [2.75, 3.05) is 7.11 Å². The maximum absolute atomic E-state index is 12.1. The first-order chi connectivity index (χ1) is 9.93. The predicted molar refractivity (Wildman–Crippen MR) is 90.6 cm³/mol. The fourth-order valence-corrected chi connectivity index (χ4v) is 4.30. The van der Waals surface area contributed by atoms with Crippen LogP contribution in [0.2, 0.25) is 0 Å². The molecule has 21 heavy (non-hydrogen) atoms. The maximum atomic E-state index is 12.1. The first-order valence-electron chi connectivity index (χ1n) is 6.10. The number of allylic oxidation sites excluding steroid dienone is 1. The van der Waals surface area contributed by atoms with Gasteiger partial charge in [-0.2, -0.15) is 0 Å². The van der Waals surface area contributed by atoms with Gasteiger partial charge in [-0.15, -0.1) is 0 Å². The number of ether oxygens (including phenoxy) is 1. The lowest BCUT2D eigenvalue weighted by molar-refractivity contribution is -0.126. The molecule has 0 aromatic heterocycles. The molecule has 1 N–H and O–H groups in total. The molecule has 4 nitrogen and oxygen atoms in total. The Morgan fingerprint density at radius 3 is 2.43 bits per heavy atom. The second-order valence-electron chi connectivity index (χ2n) is 4.55. The number of halogens is 3. The van der Waals surface area contributed by atoms with Crippen LogP contribution in [0.3, 0.4) is 0 Å². The summed E-state index contributed by atoms with van der Waals surface area (Å²) in [6.45, 7) is 0. The Hall–Kier alpha value is -0.660. The van der Waals surface area contributed by atoms with E-state index in [1.807, 2.05) is 12.1 Å². The average molecular weight is 482 g/mol. The highest BCUT2D eigenvalue weighted by molar-refractivity contribution is 9.11. The topological polar surface area (TPSA) is 55.4 Å². The van der Waals surface area contributed by atoms with Crippen LogP contribution < -0.4 is 10.1 Å². The van der Waals surface area contributed by atoms with Crippen LogP contribution in [0.25, 0.3) is 0 Å². The first kappa shape index (κ1) is 16.7. The summed E-state index contributed by atoms with van der Waals surface area (Å²) in [7, 11) is 1.59. The van der Waals surface area contributed by atoms with Crippen molar-refractivity contribution in [3.63, 3.8) is 0 Å². The zero-order chi connectivity index (χ0) is 15.6. The smallest absolute Gasteiger partial charge is 0.228 e. The maximum Gasteiger partial charge on any atom is 0.228 e. The highest BCUT2D eigenvalue weighted by Crippen LogP contribution is 2.35. The summed E-state index contributed by atoms with van der Waals surface area (Å²) in [5, 5.41) is 2.61. The van der Waals surface area contributed by atoms with Crippen LogP contribution in [0.1, 0.15) is 5.56 Å². The molecule has 0 radical (unpaired) electrons. The Labute approximate surface area is 147 Å². The number of benzene rings is 1. The second kappa shape index (κ2) is 7.07. The largest absolute Gasteiger partial charge is 0.494 e. The molecule has 0 saturated heterocycles. The molecule has 1 aromatic carbocycles. The zero-order valence-electron chi connectivity index (χ0n) is 11.0. The number of amides is 1. The van der Waals surface area contributed by atoms with Crippen molar-refractivity contribution in [3.05, 3.63) is 38.9 Å². The lowest BCUT2D eigenvalue weighted by Gasteiger charge is -2.18. The number of methoxy groups -OCH3 is 1. The molecule has 2 rings (SSSR count). The number of nitrogens with one attached hydrogen (secondary N) is 1. The number of carbonyl (C=O) groups is 2. The normalized spacial score (nSPS) is 21.9. The molecule has 2 unspecified atom stereocenters. The van der Waals surface area contributed by atoms with Gasteiger partial charge in [0.1, 0.15) is 5.75 Å². The highest BCUT2D eigenvalue weighted by atomic mass is 79.9. The zero-order valence-corrected chi connectivity index (χ0v) is 15.8. The van der Waals surface area contributed by atoms with Gasteiger partial charge in [0.15, 0.2) is 5.78 Å². The SMILES string of the molecule is COc1c(Br)cc(CC2C(=O)NC=CC(=O)C2Br)cc1Br. The number of hydrogen-bond acceptors (Lipinski definition) is 3. The fourth-order valence-electron chi connectivity index (χ4n) is 2.11. The van der Waals surface area contributed by atoms with Gasteiger partial charge in [0.25, 0.3) is 0 Å². The van der Waals surface area contributed by atoms with Crippen molar-refractivity contribution in [1.29, 1.82) is 0 Å². The molecule has 0 saturated carbocycles. The van der Waals surface area contributed by atoms with E-state index in [0.29, 0.717) is 12.2 Å². The van der Waals surface area contributed by atoms with Crippen molar-refractivity contribution in [1.82, 2.24) is 5.32 Å². The Morgan fingerprint density at radius 1 is 1.24 bits per heavy atom. The third-order valence-electron chi connectivity index (χ3n) is 3.15. The van der Waals surface area contributed by atoms with Gasteiger partial charge in [0.2, 0.25) is 5.91 Å². The van der Waals surface area contributed by atoms with Crippen LogP contribution in [-0.4, -0.2) is 23.6 Å². The summed E-state index contributed by atoms with van der Waals surface area (Å²) in [6.07, 6.45) is 3.20. The summed E-state index contributed by atoms with van der Waals surface area (Å²) < 4.78 is 6.84. The standard InChI is InChI=1S/C14H12Br3NO3/c1-21-13-9(15)5-7(6-10(13)16)4-8-12(17)11(19)2-3-18-14(8)20/h2-3,5-6,8,12H,4H2,1H3,(H,18,20). The molecule has 0 aliphatic carbocycles. The second-order valence-corrected chi connectivity index (χ2v) is 7.24. The monoisotopic (exact) mass is 479 g/mol. The molecule has 1 aliphatic rings. The van der Waals surface area contributed by atoms with Gasteiger partial charge in [-0.25, -0.2) is 0 Å². The van der Waals surface area contributed by atoms with E-state index in [1.54, 1.807) is 7.11 Å². The number of hydrogen-bond donors (Lipinski definition) is 1. The van der Waals surface area contributed by atoms with Crippen LogP contribution in [0, 0.1) is 5.92 Å². The van der Waals surface area contributed by atoms with Crippen molar-refractivity contribution in [2.24, 2.45) is 5.92 Å². The first-order valence-corrected chi connectivity index (χ1v) is 8.61. The number of alkyl halides is 1. The van der Waals surface area contributed by atoms with Crippen LogP contribution >= 0.6 is 47.8 Å². The molecule has 2 atom stereocenters. The van der Waals surface area contributed by atoms with Crippen molar-refractivity contribution in [2.45, 2.75) is 11.2 Å². The molecule has 112 valence electrons. The van der Waals surface area contributed by atoms with E-state index in [9.17, 15) is 9.59 Å². The van der Waals surface area contributed by atoms with Gasteiger partial charge >= 0.3 is 0 Å². The lowest BCUT2D eigenvalue weighted by atomic mass is 9.94. The fraction of sp³-hybridized carbons (Fsp3) is 0.286. The van der Waals surface area contributed by atoms with Crippen molar-refractivity contribution < 1.29 is 14.3 Å². The highest BCUT2D eigenvalue weighted by Gasteiger charge is 2.32. The Morgan fingerprint density at radius 2 is 1.86 bits per heavy atom. The molecule has 1 amide bonds. The van der Waals surface area contributed by atoms with Crippen molar-refractivity contribution in [3.8, 4) is 5.75 Å². The third kappa shape index (κ3) is 3.76. The third-order valence-corrected chi connectivity index (χ3v) is 5.42. The van der Waals surface area contributed by atoms with E-state index in [4.69, 9.17) is 4.74 Å². The van der Waals surface area contributed by atoms with Gasteiger partial charge in [0, 0.05) is 6.20 Å². The van der Waals surface area contributed by atoms with E-state index < -0.39 is 10.7 Å². The van der Waals surface area contributed by atoms with Gasteiger partial charge < -0.3 is 10.1 Å². The van der Waals surface area contributed by atoms with Crippen LogP contribution in [0.15, 0.2) is 33.4 Å². The average Bonchev–Trinajstić information content (AvgIpc) is 2.53. The van der Waals surface area contributed by atoms with Gasteiger partial charge in [-0.1, -0.05) is 15.9 Å². The van der Waals surface area contributed by atoms with Crippen LogP contribution in [0.4, 0.5) is 0 Å². The molecule has 1 aromatic rings. The summed E-state index contributed by atoms with van der Waals surface area (Å²) in [5.41, 5.74) is 0.925. The summed E-state index contributed by atoms with van der Waals surface area (Å²) in [6, 6.07) is 3.78. The van der Waals surface area contributed by atoms with Gasteiger partial charge in [-0.3, -0.25) is 9.59 Å². The van der Waals surface area contributed by atoms with Crippen molar-refractivity contribution >= 4 is 59.5 Å². The molecule has 1 aliphatic heterocycles. The predicted octanol–water partition coefficient (Wildman–Crippen LogP) is 3.36. The number of ketones is 1. The van der Waals surface area contributed by atoms with Crippen LogP contribution in [-0.2, 0) is 16.0 Å². The molecular formula is C14H12Br3NO3. The molecule has 7 heteroatoms. The Balaban J connectivity index is 2.28. The minimum Gasteiger partial charge on any atom is -0.494 e. The molecule has 1 heterocycles. The molecule has 0 bridgehead atoms. The summed E-state index contributed by atoms with van der Waals surface area (Å²) in [4.78, 5) is 23.4. The van der Waals surface area contributed by atoms with E-state index in [2.05, 4.69) is 53.1 Å². The van der Waals surface area contributed by atoms with E-state index >= 15 is 0 Å². The Kier molecular flexibility index (Phi) is 5.62. The molecule has 0 spiro atoms. The number of rotatable bonds is 3. The van der Waals surface area contributed by atoms with E-state index in [0.717, 1.165) is 14.5 Å². The van der Waals surface area contributed by atoms with Gasteiger partial charge in [0.05, 0.1) is 26.8 Å².